The number of fused-ring (bicyclic) bond motifs is 1. The normalized spacial score (nSPS) is 15.7. The van der Waals surface area contributed by atoms with E-state index in [-0.39, 0.29) is 11.9 Å². The number of amides is 1. The summed E-state index contributed by atoms with van der Waals surface area (Å²) in [6, 6.07) is 7.48. The molecule has 1 aromatic carbocycles. The number of anilines is 1. The number of methoxy groups -OCH3 is 1. The second-order valence-corrected chi connectivity index (χ2v) is 7.65. The van der Waals surface area contributed by atoms with Gasteiger partial charge in [0.15, 0.2) is 5.65 Å². The van der Waals surface area contributed by atoms with E-state index in [2.05, 4.69) is 28.4 Å². The number of hydrogen-bond donors (Lipinski definition) is 1. The third-order valence-electron chi connectivity index (χ3n) is 5.46. The molecule has 9 nitrogen and oxygen atoms in total. The van der Waals surface area contributed by atoms with Gasteiger partial charge in [-0.3, -0.25) is 4.79 Å². The Morgan fingerprint density at radius 1 is 1.33 bits per heavy atom. The number of ether oxygens (including phenoxy) is 2. The van der Waals surface area contributed by atoms with E-state index in [1.54, 1.807) is 12.0 Å². The number of nitrogens with zero attached hydrogens (tertiary/aromatic N) is 5. The van der Waals surface area contributed by atoms with Crippen molar-refractivity contribution in [3.63, 3.8) is 0 Å². The van der Waals surface area contributed by atoms with Crippen LogP contribution in [0.4, 0.5) is 5.82 Å². The van der Waals surface area contributed by atoms with Crippen LogP contribution in [0.25, 0.3) is 11.0 Å². The molecule has 1 aliphatic rings. The lowest BCUT2D eigenvalue weighted by atomic mass is 10.1. The first-order valence-corrected chi connectivity index (χ1v) is 10.7. The summed E-state index contributed by atoms with van der Waals surface area (Å²) in [5.74, 6) is 7.21. The Morgan fingerprint density at radius 3 is 3.03 bits per heavy atom. The van der Waals surface area contributed by atoms with Gasteiger partial charge in [0.25, 0.3) is 0 Å². The summed E-state index contributed by atoms with van der Waals surface area (Å²) in [7, 11) is 1.63. The highest BCUT2D eigenvalue weighted by atomic mass is 16.5. The zero-order chi connectivity index (χ0) is 23.2. The van der Waals surface area contributed by atoms with Gasteiger partial charge in [-0.1, -0.05) is 18.6 Å². The standard InChI is InChI=1S/C24H26N6O3/c1-3-21(31)29-11-5-7-18(15-29)30-24-22(23(25)26-16-27-24)20(28-30)10-9-17-6-4-8-19(14-17)33-13-12-32-2/h3-4,6,8,14,16,18H,1,5,7,11-13,15H2,2H3,(H2,25,26,27). The van der Waals surface area contributed by atoms with Gasteiger partial charge < -0.3 is 20.1 Å². The average Bonchev–Trinajstić information content (AvgIpc) is 3.23. The number of carbonyl (C=O) groups is 1. The molecule has 1 aliphatic heterocycles. The molecule has 9 heteroatoms. The number of piperidine rings is 1. The molecule has 1 fully saturated rings. The maximum absolute atomic E-state index is 12.1. The number of benzene rings is 1. The van der Waals surface area contributed by atoms with Crippen molar-refractivity contribution in [2.45, 2.75) is 18.9 Å². The summed E-state index contributed by atoms with van der Waals surface area (Å²) in [6.07, 6.45) is 4.50. The average molecular weight is 447 g/mol. The Bertz CT molecular complexity index is 1230. The molecule has 0 saturated carbocycles. The van der Waals surface area contributed by atoms with E-state index in [9.17, 15) is 4.79 Å². The lowest BCUT2D eigenvalue weighted by Crippen LogP contribution is -2.40. The monoisotopic (exact) mass is 446 g/mol. The Hall–Kier alpha value is -3.90. The molecule has 3 aromatic rings. The fraction of sp³-hybridized carbons (Fsp3) is 0.333. The minimum atomic E-state index is -0.0853. The van der Waals surface area contributed by atoms with Crippen LogP contribution in [0.2, 0.25) is 0 Å². The fourth-order valence-corrected chi connectivity index (χ4v) is 3.86. The summed E-state index contributed by atoms with van der Waals surface area (Å²) in [4.78, 5) is 22.5. The predicted molar refractivity (Wildman–Crippen MR) is 125 cm³/mol. The molecule has 2 aromatic heterocycles. The van der Waals surface area contributed by atoms with Gasteiger partial charge in [-0.25, -0.2) is 14.6 Å². The second-order valence-electron chi connectivity index (χ2n) is 7.65. The molecule has 0 radical (unpaired) electrons. The van der Waals surface area contributed by atoms with E-state index in [4.69, 9.17) is 20.3 Å². The molecule has 2 N–H and O–H groups in total. The summed E-state index contributed by atoms with van der Waals surface area (Å²) in [6.45, 7) is 5.79. The zero-order valence-electron chi connectivity index (χ0n) is 18.5. The molecule has 170 valence electrons. The fourth-order valence-electron chi connectivity index (χ4n) is 3.86. The molecule has 33 heavy (non-hydrogen) atoms. The van der Waals surface area contributed by atoms with Crippen molar-refractivity contribution in [2.75, 3.05) is 39.1 Å². The molecule has 0 aliphatic carbocycles. The summed E-state index contributed by atoms with van der Waals surface area (Å²) in [5, 5.41) is 5.36. The number of hydrogen-bond acceptors (Lipinski definition) is 7. The smallest absolute Gasteiger partial charge is 0.246 e. The number of aromatic nitrogens is 4. The van der Waals surface area contributed by atoms with Crippen molar-refractivity contribution < 1.29 is 14.3 Å². The third kappa shape index (κ3) is 4.96. The maximum Gasteiger partial charge on any atom is 0.246 e. The van der Waals surface area contributed by atoms with Crippen LogP contribution in [0, 0.1) is 11.8 Å². The maximum atomic E-state index is 12.1. The molecular weight excluding hydrogens is 420 g/mol. The van der Waals surface area contributed by atoms with Gasteiger partial charge in [-0.2, -0.15) is 5.10 Å². The van der Waals surface area contributed by atoms with Crippen molar-refractivity contribution in [1.82, 2.24) is 24.6 Å². The Morgan fingerprint density at radius 2 is 2.21 bits per heavy atom. The SMILES string of the molecule is C=CC(=O)N1CCCC(n2nc(C#Cc3cccc(OCCOC)c3)c3c(N)ncnc32)C1. The Labute approximate surface area is 192 Å². The van der Waals surface area contributed by atoms with E-state index in [1.165, 1.54) is 12.4 Å². The largest absolute Gasteiger partial charge is 0.491 e. The van der Waals surface area contributed by atoms with E-state index >= 15 is 0 Å². The van der Waals surface area contributed by atoms with Gasteiger partial charge in [0.1, 0.15) is 30.2 Å². The lowest BCUT2D eigenvalue weighted by molar-refractivity contribution is -0.127. The van der Waals surface area contributed by atoms with Crippen molar-refractivity contribution in [3.8, 4) is 17.6 Å². The van der Waals surface area contributed by atoms with Gasteiger partial charge in [-0.15, -0.1) is 0 Å². The van der Waals surface area contributed by atoms with Crippen LogP contribution in [0.3, 0.4) is 0 Å². The van der Waals surface area contributed by atoms with E-state index in [1.807, 2.05) is 28.9 Å². The van der Waals surface area contributed by atoms with Gasteiger partial charge in [0.05, 0.1) is 18.0 Å². The number of nitrogen functional groups attached to an aromatic ring is 1. The van der Waals surface area contributed by atoms with Gasteiger partial charge in [-0.05, 0) is 43.0 Å². The first kappa shape index (κ1) is 22.3. The summed E-state index contributed by atoms with van der Waals surface area (Å²) >= 11 is 0. The lowest BCUT2D eigenvalue weighted by Gasteiger charge is -2.32. The van der Waals surface area contributed by atoms with Crippen LogP contribution < -0.4 is 10.5 Å². The minimum Gasteiger partial charge on any atom is -0.491 e. The zero-order valence-corrected chi connectivity index (χ0v) is 18.5. The Kier molecular flexibility index (Phi) is 6.86. The number of nitrogens with two attached hydrogens (primary N) is 1. The summed E-state index contributed by atoms with van der Waals surface area (Å²) < 4.78 is 12.5. The topological polar surface area (TPSA) is 108 Å². The molecule has 1 amide bonds. The first-order chi connectivity index (χ1) is 16.1. The molecule has 0 spiro atoms. The highest BCUT2D eigenvalue weighted by Gasteiger charge is 2.27. The highest BCUT2D eigenvalue weighted by Crippen LogP contribution is 2.28. The quantitative estimate of drug-likeness (QED) is 0.351. The van der Waals surface area contributed by atoms with E-state index in [0.29, 0.717) is 54.6 Å². The van der Waals surface area contributed by atoms with Gasteiger partial charge >= 0.3 is 0 Å². The Balaban J connectivity index is 1.66. The van der Waals surface area contributed by atoms with E-state index < -0.39 is 0 Å². The molecule has 1 unspecified atom stereocenters. The molecule has 3 heterocycles. The van der Waals surface area contributed by atoms with Crippen LogP contribution in [0.5, 0.6) is 5.75 Å². The number of carbonyl (C=O) groups excluding carboxylic acids is 1. The van der Waals surface area contributed by atoms with Crippen LogP contribution in [0.1, 0.15) is 30.1 Å². The van der Waals surface area contributed by atoms with Gasteiger partial charge in [0.2, 0.25) is 5.91 Å². The second kappa shape index (κ2) is 10.1. The van der Waals surface area contributed by atoms with Crippen molar-refractivity contribution in [2.24, 2.45) is 0 Å². The van der Waals surface area contributed by atoms with Crippen molar-refractivity contribution in [3.05, 3.63) is 54.5 Å². The van der Waals surface area contributed by atoms with Crippen LogP contribution in [0.15, 0.2) is 43.2 Å². The van der Waals surface area contributed by atoms with Crippen LogP contribution in [-0.4, -0.2) is 64.0 Å². The predicted octanol–water partition coefficient (Wildman–Crippen LogP) is 2.18. The first-order valence-electron chi connectivity index (χ1n) is 10.7. The molecule has 1 saturated heterocycles. The molecular formula is C24H26N6O3. The van der Waals surface area contributed by atoms with Crippen LogP contribution >= 0.6 is 0 Å². The number of rotatable bonds is 6. The van der Waals surface area contributed by atoms with Crippen molar-refractivity contribution in [1.29, 1.82) is 0 Å². The summed E-state index contributed by atoms with van der Waals surface area (Å²) in [5.41, 5.74) is 8.07. The van der Waals surface area contributed by atoms with Crippen LogP contribution in [-0.2, 0) is 9.53 Å². The molecule has 4 rings (SSSR count). The van der Waals surface area contributed by atoms with Crippen molar-refractivity contribution >= 4 is 22.8 Å². The van der Waals surface area contributed by atoms with Gasteiger partial charge in [0, 0.05) is 25.8 Å². The highest BCUT2D eigenvalue weighted by molar-refractivity contribution is 5.90. The number of likely N-dealkylation sites (tertiary alicyclic amines) is 1. The molecule has 0 bridgehead atoms. The van der Waals surface area contributed by atoms with E-state index in [0.717, 1.165) is 18.4 Å². The third-order valence-corrected chi connectivity index (χ3v) is 5.46. The molecule has 1 atom stereocenters. The minimum absolute atomic E-state index is 0.0347.